The third-order valence-corrected chi connectivity index (χ3v) is 20.0. The van der Waals surface area contributed by atoms with Gasteiger partial charge in [0.2, 0.25) is 0 Å². The SMILES string of the molecule is C=C(CN1CCCC1)[C@H]1CC[C@H]2[C@@H]3CC[C@@H]4C[C@](C)(O)CC[C@@H]4[C@H]3CC[C@]12C.C=C(Cn1ccnc1)[C@H]1CC[C@H]2[C@@H]3CC[C@@H]4C[C@](C)(O)CC[C@@H]4[C@H]3CC[C@]12C. The molecule has 56 heavy (non-hydrogen) atoms. The molecule has 0 aromatic carbocycles. The lowest BCUT2D eigenvalue weighted by Gasteiger charge is -2.57. The van der Waals surface area contributed by atoms with E-state index in [9.17, 15) is 10.2 Å². The van der Waals surface area contributed by atoms with E-state index in [4.69, 9.17) is 0 Å². The first kappa shape index (κ1) is 40.0. The Labute approximate surface area is 342 Å². The lowest BCUT2D eigenvalue weighted by Crippen LogP contribution is -2.50. The Bertz CT molecular complexity index is 1560. The predicted molar refractivity (Wildman–Crippen MR) is 229 cm³/mol. The highest BCUT2D eigenvalue weighted by Gasteiger charge is 2.59. The minimum atomic E-state index is -0.402. The first-order valence-electron chi connectivity index (χ1n) is 24.2. The van der Waals surface area contributed by atoms with E-state index in [1.165, 1.54) is 128 Å². The average Bonchev–Trinajstić information content (AvgIpc) is 3.98. The van der Waals surface area contributed by atoms with Crippen LogP contribution in [0.5, 0.6) is 0 Å². The Hall–Kier alpha value is -1.43. The standard InChI is InChI=1S/C26H43NO.C25H38N2O/c1-18(17-27-14-4-5-15-27)23-8-9-24-22-7-6-19-16-25(2,28)12-10-20(19)21(22)11-13-26(23,24)3;1-17(15-27-13-12-26-16-27)22-6-7-23-21-5-4-18-14-24(2,28)10-8-19(18)20(21)9-11-25(22,23)3/h19-24,28H,1,4-17H2,2-3H3;12-13,16,18-23,28H,1,4-11,14-15H2,2-3H3/t19-,20+,21-,22-,23-,24+,25-,26-;18-,19+,20-,21-,22-,23+,24-,25-/m11/s1. The highest BCUT2D eigenvalue weighted by Crippen LogP contribution is 2.67. The van der Waals surface area contributed by atoms with Crippen molar-refractivity contribution in [3.63, 3.8) is 0 Å². The Kier molecular flexibility index (Phi) is 10.9. The van der Waals surface area contributed by atoms with Gasteiger partial charge in [-0.25, -0.2) is 4.98 Å². The van der Waals surface area contributed by atoms with Gasteiger partial charge in [0, 0.05) is 25.5 Å². The smallest absolute Gasteiger partial charge is 0.0948 e. The molecule has 0 bridgehead atoms. The van der Waals surface area contributed by atoms with Crippen LogP contribution in [0.4, 0.5) is 0 Å². The van der Waals surface area contributed by atoms with Crippen molar-refractivity contribution >= 4 is 0 Å². The number of nitrogens with zero attached hydrogens (tertiary/aromatic N) is 3. The van der Waals surface area contributed by atoms with Crippen molar-refractivity contribution in [1.82, 2.24) is 14.5 Å². The molecule has 2 N–H and O–H groups in total. The number of aliphatic hydroxyl groups is 2. The number of likely N-dealkylation sites (tertiary alicyclic amines) is 1. The molecule has 10 rings (SSSR count). The largest absolute Gasteiger partial charge is 0.390 e. The van der Waals surface area contributed by atoms with E-state index >= 15 is 0 Å². The lowest BCUT2D eigenvalue weighted by molar-refractivity contribution is -0.0980. The molecule has 1 aliphatic heterocycles. The Morgan fingerprint density at radius 1 is 0.589 bits per heavy atom. The van der Waals surface area contributed by atoms with Crippen LogP contribution in [0.3, 0.4) is 0 Å². The van der Waals surface area contributed by atoms with Gasteiger partial charge >= 0.3 is 0 Å². The molecule has 0 amide bonds. The van der Waals surface area contributed by atoms with E-state index in [-0.39, 0.29) is 5.60 Å². The molecule has 0 radical (unpaired) electrons. The number of allylic oxidation sites excluding steroid dienone is 1. The summed E-state index contributed by atoms with van der Waals surface area (Å²) in [6, 6.07) is 0. The molecule has 9 fully saturated rings. The van der Waals surface area contributed by atoms with Gasteiger partial charge in [-0.15, -0.1) is 0 Å². The van der Waals surface area contributed by atoms with E-state index in [0.29, 0.717) is 16.7 Å². The second kappa shape index (κ2) is 15.2. The number of aromatic nitrogens is 2. The maximum Gasteiger partial charge on any atom is 0.0948 e. The van der Waals surface area contributed by atoms with Gasteiger partial charge in [-0.3, -0.25) is 4.90 Å². The van der Waals surface area contributed by atoms with Crippen molar-refractivity contribution in [3.05, 3.63) is 43.0 Å². The summed E-state index contributed by atoms with van der Waals surface area (Å²) >= 11 is 0. The van der Waals surface area contributed by atoms with Gasteiger partial charge in [-0.1, -0.05) is 38.2 Å². The van der Waals surface area contributed by atoms with E-state index in [1.807, 2.05) is 12.5 Å². The number of imidazole rings is 1. The summed E-state index contributed by atoms with van der Waals surface area (Å²) in [6.07, 6.45) is 32.2. The zero-order chi connectivity index (χ0) is 39.0. The van der Waals surface area contributed by atoms with Gasteiger partial charge in [-0.2, -0.15) is 0 Å². The van der Waals surface area contributed by atoms with Crippen molar-refractivity contribution in [1.29, 1.82) is 0 Å². The minimum absolute atomic E-state index is 0.386. The molecular weight excluding hydrogens is 687 g/mol. The Balaban J connectivity index is 0.000000146. The summed E-state index contributed by atoms with van der Waals surface area (Å²) in [6.45, 7) is 23.3. The molecule has 16 atom stereocenters. The fraction of sp³-hybridized carbons (Fsp3) is 0.863. The van der Waals surface area contributed by atoms with Crippen LogP contribution in [0.1, 0.15) is 156 Å². The van der Waals surface area contributed by atoms with Crippen LogP contribution < -0.4 is 0 Å². The van der Waals surface area contributed by atoms with Crippen LogP contribution in [-0.4, -0.2) is 55.5 Å². The Morgan fingerprint density at radius 3 is 1.55 bits per heavy atom. The summed E-state index contributed by atoms with van der Waals surface area (Å²) in [5.74, 6) is 10.4. The molecule has 5 nitrogen and oxygen atoms in total. The molecule has 0 spiro atoms. The predicted octanol–water partition coefficient (Wildman–Crippen LogP) is 11.1. The van der Waals surface area contributed by atoms with Crippen LogP contribution in [0.15, 0.2) is 43.0 Å². The third kappa shape index (κ3) is 7.28. The summed E-state index contributed by atoms with van der Waals surface area (Å²) in [7, 11) is 0. The molecular formula is C51H81N3O2. The molecule has 8 aliphatic carbocycles. The normalized spacial score (nSPS) is 49.6. The fourth-order valence-electron chi connectivity index (χ4n) is 17.6. The van der Waals surface area contributed by atoms with E-state index in [2.05, 4.69) is 61.5 Å². The third-order valence-electron chi connectivity index (χ3n) is 20.0. The second-order valence-corrected chi connectivity index (χ2v) is 23.2. The maximum absolute atomic E-state index is 10.6. The van der Waals surface area contributed by atoms with Crippen molar-refractivity contribution in [2.24, 2.45) is 81.8 Å². The lowest BCUT2D eigenvalue weighted by atomic mass is 9.49. The van der Waals surface area contributed by atoms with Gasteiger partial charge < -0.3 is 14.8 Å². The molecule has 1 saturated heterocycles. The summed E-state index contributed by atoms with van der Waals surface area (Å²) in [4.78, 5) is 6.86. The maximum atomic E-state index is 10.6. The van der Waals surface area contributed by atoms with Crippen molar-refractivity contribution < 1.29 is 10.2 Å². The summed E-state index contributed by atoms with van der Waals surface area (Å²) < 4.78 is 2.18. The van der Waals surface area contributed by atoms with Crippen LogP contribution in [0.2, 0.25) is 0 Å². The van der Waals surface area contributed by atoms with Gasteiger partial charge in [0.25, 0.3) is 0 Å². The highest BCUT2D eigenvalue weighted by atomic mass is 16.3. The van der Waals surface area contributed by atoms with Crippen molar-refractivity contribution in [3.8, 4) is 0 Å². The number of fused-ring (bicyclic) bond motifs is 10. The monoisotopic (exact) mass is 768 g/mol. The van der Waals surface area contributed by atoms with Crippen LogP contribution in [-0.2, 0) is 6.54 Å². The molecule has 5 heteroatoms. The number of rotatable bonds is 6. The fourth-order valence-corrected chi connectivity index (χ4v) is 17.6. The number of hydrogen-bond acceptors (Lipinski definition) is 4. The first-order valence-corrected chi connectivity index (χ1v) is 24.2. The molecule has 9 aliphatic rings. The molecule has 0 unspecified atom stereocenters. The van der Waals surface area contributed by atoms with Crippen LogP contribution in [0, 0.1) is 81.8 Å². The van der Waals surface area contributed by atoms with Crippen molar-refractivity contribution in [2.75, 3.05) is 19.6 Å². The molecule has 312 valence electrons. The topological polar surface area (TPSA) is 61.5 Å². The quantitative estimate of drug-likeness (QED) is 0.283. The molecule has 1 aromatic heterocycles. The van der Waals surface area contributed by atoms with Gasteiger partial charge in [-0.05, 0) is 237 Å². The van der Waals surface area contributed by atoms with E-state index in [1.54, 1.807) is 5.57 Å². The van der Waals surface area contributed by atoms with Gasteiger partial charge in [0.15, 0.2) is 0 Å². The zero-order valence-corrected chi connectivity index (χ0v) is 36.3. The Morgan fingerprint density at radius 2 is 1.07 bits per heavy atom. The highest BCUT2D eigenvalue weighted by molar-refractivity contribution is 5.18. The summed E-state index contributed by atoms with van der Waals surface area (Å²) in [5.41, 5.74) is 3.16. The zero-order valence-electron chi connectivity index (χ0n) is 36.3. The molecule has 1 aromatic rings. The number of hydrogen-bond donors (Lipinski definition) is 2. The second-order valence-electron chi connectivity index (χ2n) is 23.2. The first-order chi connectivity index (χ1) is 26.7. The molecule has 8 saturated carbocycles. The average molecular weight is 768 g/mol. The van der Waals surface area contributed by atoms with Gasteiger partial charge in [0.05, 0.1) is 17.5 Å². The van der Waals surface area contributed by atoms with Crippen LogP contribution >= 0.6 is 0 Å². The van der Waals surface area contributed by atoms with E-state index in [0.717, 1.165) is 97.3 Å². The van der Waals surface area contributed by atoms with Crippen LogP contribution in [0.25, 0.3) is 0 Å². The summed E-state index contributed by atoms with van der Waals surface area (Å²) in [5, 5.41) is 21.2. The molecule has 2 heterocycles. The van der Waals surface area contributed by atoms with Crippen molar-refractivity contribution in [2.45, 2.75) is 174 Å². The van der Waals surface area contributed by atoms with E-state index < -0.39 is 5.60 Å². The minimum Gasteiger partial charge on any atom is -0.390 e. The van der Waals surface area contributed by atoms with Gasteiger partial charge in [0.1, 0.15) is 0 Å².